The number of aryl methyl sites for hydroxylation is 2. The van der Waals surface area contributed by atoms with Crippen molar-refractivity contribution in [2.75, 3.05) is 0 Å². The first-order valence-corrected chi connectivity index (χ1v) is 9.07. The molecular weight excluding hydrogens is 326 g/mol. The quantitative estimate of drug-likeness (QED) is 0.881. The summed E-state index contributed by atoms with van der Waals surface area (Å²) in [5, 5.41) is 3.14. The third kappa shape index (κ3) is 4.18. The highest BCUT2D eigenvalue weighted by molar-refractivity contribution is 5.81. The van der Waals surface area contributed by atoms with Crippen molar-refractivity contribution in [3.05, 3.63) is 59.2 Å². The van der Waals surface area contributed by atoms with E-state index in [0.29, 0.717) is 12.2 Å². The van der Waals surface area contributed by atoms with Gasteiger partial charge in [-0.05, 0) is 58.4 Å². The van der Waals surface area contributed by atoms with Crippen LogP contribution in [0.1, 0.15) is 49.9 Å². The van der Waals surface area contributed by atoms with Crippen LogP contribution in [0.15, 0.2) is 42.5 Å². The number of rotatable bonds is 4. The lowest BCUT2D eigenvalue weighted by atomic mass is 9.89. The molecule has 1 aliphatic heterocycles. The van der Waals surface area contributed by atoms with Gasteiger partial charge < -0.3 is 14.8 Å². The highest BCUT2D eigenvalue weighted by atomic mass is 16.5. The predicted octanol–water partition coefficient (Wildman–Crippen LogP) is 4.49. The monoisotopic (exact) mass is 353 g/mol. The molecule has 4 nitrogen and oxygen atoms in total. The van der Waals surface area contributed by atoms with Gasteiger partial charge in [0.15, 0.2) is 6.10 Å². The Hall–Kier alpha value is -2.49. The van der Waals surface area contributed by atoms with Crippen LogP contribution in [0.3, 0.4) is 0 Å². The molecule has 0 spiro atoms. The van der Waals surface area contributed by atoms with Crippen molar-refractivity contribution >= 4 is 5.91 Å². The molecule has 0 saturated heterocycles. The maximum absolute atomic E-state index is 12.7. The standard InChI is InChI=1S/C22H27NO3/c1-14-6-9-17(10-7-14)25-16(3)21(24)23-19-13-22(4,5)26-20-12-15(2)8-11-18(19)20/h6-12,16,19H,13H2,1-5H3,(H,23,24). The summed E-state index contributed by atoms with van der Waals surface area (Å²) < 4.78 is 11.9. The Morgan fingerprint density at radius 2 is 1.81 bits per heavy atom. The van der Waals surface area contributed by atoms with Crippen molar-refractivity contribution < 1.29 is 14.3 Å². The Labute approximate surface area is 155 Å². The summed E-state index contributed by atoms with van der Waals surface area (Å²) >= 11 is 0. The zero-order valence-electron chi connectivity index (χ0n) is 16.1. The van der Waals surface area contributed by atoms with E-state index in [1.54, 1.807) is 6.92 Å². The lowest BCUT2D eigenvalue weighted by Gasteiger charge is -2.38. The molecule has 1 N–H and O–H groups in total. The van der Waals surface area contributed by atoms with Gasteiger partial charge in [-0.1, -0.05) is 29.8 Å². The average molecular weight is 353 g/mol. The Morgan fingerprint density at radius 1 is 1.15 bits per heavy atom. The van der Waals surface area contributed by atoms with Gasteiger partial charge in [0.1, 0.15) is 17.1 Å². The van der Waals surface area contributed by atoms with Crippen molar-refractivity contribution in [2.24, 2.45) is 0 Å². The van der Waals surface area contributed by atoms with E-state index in [4.69, 9.17) is 9.47 Å². The van der Waals surface area contributed by atoms with Crippen LogP contribution < -0.4 is 14.8 Å². The van der Waals surface area contributed by atoms with Crippen molar-refractivity contribution in [2.45, 2.75) is 58.8 Å². The summed E-state index contributed by atoms with van der Waals surface area (Å²) in [6.07, 6.45) is 0.143. The first kappa shape index (κ1) is 18.3. The summed E-state index contributed by atoms with van der Waals surface area (Å²) in [7, 11) is 0. The lowest BCUT2D eigenvalue weighted by Crippen LogP contribution is -2.44. The Kier molecular flexibility index (Phi) is 4.94. The van der Waals surface area contributed by atoms with Crippen molar-refractivity contribution in [1.82, 2.24) is 5.32 Å². The number of hydrogen-bond acceptors (Lipinski definition) is 3. The Morgan fingerprint density at radius 3 is 2.50 bits per heavy atom. The molecule has 1 heterocycles. The molecule has 1 aliphatic rings. The fourth-order valence-electron chi connectivity index (χ4n) is 3.25. The number of hydrogen-bond donors (Lipinski definition) is 1. The molecule has 138 valence electrons. The summed E-state index contributed by atoms with van der Waals surface area (Å²) in [4.78, 5) is 12.7. The normalized spacial score (nSPS) is 19.0. The second kappa shape index (κ2) is 7.02. The van der Waals surface area contributed by atoms with Crippen molar-refractivity contribution in [3.63, 3.8) is 0 Å². The molecule has 2 unspecified atom stereocenters. The molecule has 0 aliphatic carbocycles. The summed E-state index contributed by atoms with van der Waals surface area (Å²) in [5.41, 5.74) is 2.99. The van der Waals surface area contributed by atoms with E-state index in [-0.39, 0.29) is 17.6 Å². The highest BCUT2D eigenvalue weighted by Gasteiger charge is 2.35. The smallest absolute Gasteiger partial charge is 0.261 e. The summed E-state index contributed by atoms with van der Waals surface area (Å²) in [5.74, 6) is 1.42. The van der Waals surface area contributed by atoms with Crippen LogP contribution in [-0.2, 0) is 4.79 Å². The van der Waals surface area contributed by atoms with Crippen molar-refractivity contribution in [1.29, 1.82) is 0 Å². The zero-order valence-corrected chi connectivity index (χ0v) is 16.1. The third-order valence-corrected chi connectivity index (χ3v) is 4.65. The number of fused-ring (bicyclic) bond motifs is 1. The Balaban J connectivity index is 1.73. The van der Waals surface area contributed by atoms with E-state index in [2.05, 4.69) is 5.32 Å². The molecule has 0 fully saturated rings. The van der Waals surface area contributed by atoms with Crippen LogP contribution in [0.4, 0.5) is 0 Å². The molecule has 4 heteroatoms. The lowest BCUT2D eigenvalue weighted by molar-refractivity contribution is -0.128. The van der Waals surface area contributed by atoms with Gasteiger partial charge in [0.05, 0.1) is 6.04 Å². The van der Waals surface area contributed by atoms with Gasteiger partial charge in [-0.25, -0.2) is 0 Å². The van der Waals surface area contributed by atoms with Gasteiger partial charge in [-0.15, -0.1) is 0 Å². The maximum Gasteiger partial charge on any atom is 0.261 e. The van der Waals surface area contributed by atoms with E-state index in [1.807, 2.05) is 70.2 Å². The molecule has 0 aromatic heterocycles. The molecule has 0 bridgehead atoms. The van der Waals surface area contributed by atoms with Crippen molar-refractivity contribution in [3.8, 4) is 11.5 Å². The van der Waals surface area contributed by atoms with E-state index >= 15 is 0 Å². The van der Waals surface area contributed by atoms with Crippen LogP contribution in [0.2, 0.25) is 0 Å². The van der Waals surface area contributed by atoms with Crippen LogP contribution in [0, 0.1) is 13.8 Å². The van der Waals surface area contributed by atoms with Gasteiger partial charge in [0, 0.05) is 12.0 Å². The van der Waals surface area contributed by atoms with E-state index < -0.39 is 6.10 Å². The highest BCUT2D eigenvalue weighted by Crippen LogP contribution is 2.39. The van der Waals surface area contributed by atoms with E-state index in [1.165, 1.54) is 0 Å². The first-order valence-electron chi connectivity index (χ1n) is 9.07. The minimum atomic E-state index is -0.572. The molecular formula is C22H27NO3. The van der Waals surface area contributed by atoms with Crippen LogP contribution in [-0.4, -0.2) is 17.6 Å². The fraction of sp³-hybridized carbons (Fsp3) is 0.409. The maximum atomic E-state index is 12.7. The average Bonchev–Trinajstić information content (AvgIpc) is 2.55. The van der Waals surface area contributed by atoms with Gasteiger partial charge in [0.2, 0.25) is 0 Å². The predicted molar refractivity (Wildman–Crippen MR) is 103 cm³/mol. The molecule has 2 aromatic carbocycles. The topological polar surface area (TPSA) is 47.6 Å². The van der Waals surface area contributed by atoms with Gasteiger partial charge in [0.25, 0.3) is 5.91 Å². The summed E-state index contributed by atoms with van der Waals surface area (Å²) in [6.45, 7) is 9.92. The van der Waals surface area contributed by atoms with Gasteiger partial charge in [-0.2, -0.15) is 0 Å². The Bertz CT molecular complexity index is 796. The molecule has 3 rings (SSSR count). The minimum absolute atomic E-state index is 0.0917. The second-order valence-corrected chi connectivity index (χ2v) is 7.74. The number of nitrogens with one attached hydrogen (secondary N) is 1. The SMILES string of the molecule is Cc1ccc(OC(C)C(=O)NC2CC(C)(C)Oc3cc(C)ccc32)cc1. The zero-order chi connectivity index (χ0) is 18.9. The molecule has 0 saturated carbocycles. The number of carbonyl (C=O) groups excluding carboxylic acids is 1. The minimum Gasteiger partial charge on any atom is -0.487 e. The largest absolute Gasteiger partial charge is 0.487 e. The van der Waals surface area contributed by atoms with Crippen LogP contribution >= 0.6 is 0 Å². The molecule has 2 aromatic rings. The molecule has 1 amide bonds. The first-order chi connectivity index (χ1) is 12.2. The number of amides is 1. The third-order valence-electron chi connectivity index (χ3n) is 4.65. The number of carbonyl (C=O) groups is 1. The molecule has 26 heavy (non-hydrogen) atoms. The van der Waals surface area contributed by atoms with Crippen LogP contribution in [0.5, 0.6) is 11.5 Å². The molecule has 2 atom stereocenters. The summed E-state index contributed by atoms with van der Waals surface area (Å²) in [6, 6.07) is 13.7. The number of ether oxygens (including phenoxy) is 2. The van der Waals surface area contributed by atoms with Crippen LogP contribution in [0.25, 0.3) is 0 Å². The van der Waals surface area contributed by atoms with Gasteiger partial charge in [-0.3, -0.25) is 4.79 Å². The van der Waals surface area contributed by atoms with E-state index in [0.717, 1.165) is 22.4 Å². The fourth-order valence-corrected chi connectivity index (χ4v) is 3.25. The number of benzene rings is 2. The van der Waals surface area contributed by atoms with Gasteiger partial charge >= 0.3 is 0 Å². The van der Waals surface area contributed by atoms with E-state index in [9.17, 15) is 4.79 Å². The molecule has 0 radical (unpaired) electrons. The second-order valence-electron chi connectivity index (χ2n) is 7.74.